The lowest BCUT2D eigenvalue weighted by atomic mass is 10.0. The van der Waals surface area contributed by atoms with Crippen LogP contribution in [0.15, 0.2) is 66.3 Å². The summed E-state index contributed by atoms with van der Waals surface area (Å²) >= 11 is 1.31. The Kier molecular flexibility index (Phi) is 9.47. The van der Waals surface area contributed by atoms with Gasteiger partial charge in [-0.15, -0.1) is 16.8 Å². The van der Waals surface area contributed by atoms with E-state index in [9.17, 15) is 9.59 Å². The molecule has 3 rings (SSSR count). The van der Waals surface area contributed by atoms with E-state index in [0.717, 1.165) is 16.8 Å². The number of para-hydroxylation sites is 1. The van der Waals surface area contributed by atoms with Gasteiger partial charge >= 0.3 is 0 Å². The van der Waals surface area contributed by atoms with Gasteiger partial charge in [0.2, 0.25) is 5.91 Å². The molecule has 36 heavy (non-hydrogen) atoms. The summed E-state index contributed by atoms with van der Waals surface area (Å²) in [6.07, 6.45) is 1.76. The maximum Gasteiger partial charge on any atom is 0.251 e. The molecule has 0 saturated carbocycles. The van der Waals surface area contributed by atoms with Crippen LogP contribution in [0.3, 0.4) is 0 Å². The molecular formula is C28H35N5O2S. The van der Waals surface area contributed by atoms with Crippen LogP contribution < -0.4 is 10.6 Å². The molecule has 2 aromatic carbocycles. The predicted molar refractivity (Wildman–Crippen MR) is 146 cm³/mol. The van der Waals surface area contributed by atoms with E-state index in [4.69, 9.17) is 0 Å². The molecule has 0 aliphatic heterocycles. The maximum absolute atomic E-state index is 13.0. The van der Waals surface area contributed by atoms with E-state index >= 15 is 0 Å². The number of benzene rings is 2. The first-order valence-corrected chi connectivity index (χ1v) is 13.1. The highest BCUT2D eigenvalue weighted by Crippen LogP contribution is 2.27. The summed E-state index contributed by atoms with van der Waals surface area (Å²) in [6, 6.07) is 15.0. The zero-order chi connectivity index (χ0) is 26.2. The van der Waals surface area contributed by atoms with Gasteiger partial charge in [0.15, 0.2) is 11.0 Å². The van der Waals surface area contributed by atoms with Gasteiger partial charge in [-0.2, -0.15) is 0 Å². The summed E-state index contributed by atoms with van der Waals surface area (Å²) in [5, 5.41) is 15.5. The Balaban J connectivity index is 1.76. The number of carbonyl (C=O) groups excluding carboxylic acids is 2. The number of aryl methyl sites for hydroxylation is 1. The number of amides is 2. The van der Waals surface area contributed by atoms with E-state index < -0.39 is 0 Å². The molecule has 1 aromatic heterocycles. The lowest BCUT2D eigenvalue weighted by molar-refractivity contribution is -0.113. The van der Waals surface area contributed by atoms with Crippen molar-refractivity contribution < 1.29 is 9.59 Å². The molecule has 0 radical (unpaired) electrons. The fourth-order valence-electron chi connectivity index (χ4n) is 3.91. The number of aromatic nitrogens is 3. The normalized spacial score (nSPS) is 12.0. The highest BCUT2D eigenvalue weighted by molar-refractivity contribution is 7.99. The number of nitrogens with zero attached hydrogens (tertiary/aromatic N) is 3. The van der Waals surface area contributed by atoms with Crippen LogP contribution in [0.1, 0.15) is 67.0 Å². The summed E-state index contributed by atoms with van der Waals surface area (Å²) in [6.45, 7) is 14.5. The second-order valence-electron chi connectivity index (χ2n) is 9.38. The van der Waals surface area contributed by atoms with Crippen LogP contribution >= 0.6 is 11.8 Å². The van der Waals surface area contributed by atoms with Crippen LogP contribution in [0, 0.1) is 12.8 Å². The van der Waals surface area contributed by atoms with Gasteiger partial charge in [-0.05, 0) is 42.5 Å². The Morgan fingerprint density at radius 1 is 1.08 bits per heavy atom. The summed E-state index contributed by atoms with van der Waals surface area (Å²) in [7, 11) is 0. The molecule has 0 aliphatic carbocycles. The van der Waals surface area contributed by atoms with E-state index in [0.29, 0.717) is 29.0 Å². The third-order valence-corrected chi connectivity index (χ3v) is 6.72. The topological polar surface area (TPSA) is 88.9 Å². The molecule has 3 aromatic rings. The van der Waals surface area contributed by atoms with Crippen LogP contribution in [0.25, 0.3) is 0 Å². The second kappa shape index (κ2) is 12.5. The molecule has 0 saturated heterocycles. The predicted octanol–water partition coefficient (Wildman–Crippen LogP) is 5.75. The minimum atomic E-state index is -0.355. The van der Waals surface area contributed by atoms with Crippen molar-refractivity contribution in [2.75, 3.05) is 11.1 Å². The van der Waals surface area contributed by atoms with Gasteiger partial charge in [0.25, 0.3) is 5.91 Å². The number of rotatable bonds is 11. The number of anilines is 1. The van der Waals surface area contributed by atoms with Crippen molar-refractivity contribution in [2.45, 2.75) is 58.3 Å². The number of allylic oxidation sites excluding steroid dienone is 1. The molecule has 0 bridgehead atoms. The quantitative estimate of drug-likeness (QED) is 0.256. The Labute approximate surface area is 217 Å². The molecule has 2 amide bonds. The van der Waals surface area contributed by atoms with Crippen molar-refractivity contribution in [1.82, 2.24) is 20.1 Å². The van der Waals surface area contributed by atoms with Gasteiger partial charge in [-0.3, -0.25) is 9.59 Å². The van der Waals surface area contributed by atoms with Crippen molar-refractivity contribution in [3.63, 3.8) is 0 Å². The van der Waals surface area contributed by atoms with Gasteiger partial charge in [0, 0.05) is 17.8 Å². The number of hydrogen-bond acceptors (Lipinski definition) is 5. The number of hydrogen-bond donors (Lipinski definition) is 2. The number of thioether (sulfide) groups is 1. The van der Waals surface area contributed by atoms with Crippen molar-refractivity contribution >= 4 is 29.3 Å². The largest absolute Gasteiger partial charge is 0.342 e. The van der Waals surface area contributed by atoms with Crippen LogP contribution in [-0.2, 0) is 11.3 Å². The number of nitrogens with one attached hydrogen (secondary N) is 2. The van der Waals surface area contributed by atoms with Crippen LogP contribution in [0.4, 0.5) is 5.69 Å². The lowest BCUT2D eigenvalue weighted by Gasteiger charge is -2.22. The summed E-state index contributed by atoms with van der Waals surface area (Å²) in [5.41, 5.74) is 3.54. The van der Waals surface area contributed by atoms with Gasteiger partial charge < -0.3 is 15.2 Å². The van der Waals surface area contributed by atoms with E-state index in [-0.39, 0.29) is 29.5 Å². The van der Waals surface area contributed by atoms with Crippen molar-refractivity contribution in [1.29, 1.82) is 0 Å². The fourth-order valence-corrected chi connectivity index (χ4v) is 4.66. The first-order valence-electron chi connectivity index (χ1n) is 12.1. The molecule has 1 atom stereocenters. The monoisotopic (exact) mass is 505 g/mol. The summed E-state index contributed by atoms with van der Waals surface area (Å²) in [5.74, 6) is 0.914. The summed E-state index contributed by atoms with van der Waals surface area (Å²) in [4.78, 5) is 25.7. The smallest absolute Gasteiger partial charge is 0.251 e. The SMILES string of the molecule is C=CCn1c(SCC(=O)Nc2ccccc2C(C)C)nnc1[C@H](NC(=O)c1cccc(C)c1)C(C)C. The summed E-state index contributed by atoms with van der Waals surface area (Å²) < 4.78 is 1.91. The Morgan fingerprint density at radius 3 is 2.50 bits per heavy atom. The minimum absolute atomic E-state index is 0.0696. The maximum atomic E-state index is 13.0. The Morgan fingerprint density at radius 2 is 1.83 bits per heavy atom. The zero-order valence-corrected chi connectivity index (χ0v) is 22.4. The van der Waals surface area contributed by atoms with Crippen LogP contribution in [-0.4, -0.2) is 32.3 Å². The average Bonchev–Trinajstić information content (AvgIpc) is 3.23. The zero-order valence-electron chi connectivity index (χ0n) is 21.6. The highest BCUT2D eigenvalue weighted by atomic mass is 32.2. The average molecular weight is 506 g/mol. The molecule has 0 spiro atoms. The standard InChI is InChI=1S/C28H35N5O2S/c1-7-15-33-26(25(19(4)5)30-27(35)21-12-10-11-20(6)16-21)31-32-28(33)36-17-24(34)29-23-14-9-8-13-22(23)18(2)3/h7-14,16,18-19,25H,1,15,17H2,2-6H3,(H,29,34)(H,30,35)/t25-/m1/s1. The fraction of sp³-hybridized carbons (Fsp3) is 0.357. The molecule has 0 unspecified atom stereocenters. The van der Waals surface area contributed by atoms with Gasteiger partial charge in [0.05, 0.1) is 11.8 Å². The molecular weight excluding hydrogens is 470 g/mol. The van der Waals surface area contributed by atoms with E-state index in [1.54, 1.807) is 12.1 Å². The molecule has 8 heteroatoms. The van der Waals surface area contributed by atoms with Gasteiger partial charge in [-0.25, -0.2) is 0 Å². The minimum Gasteiger partial charge on any atom is -0.342 e. The van der Waals surface area contributed by atoms with Gasteiger partial charge in [0.1, 0.15) is 0 Å². The Hall–Kier alpha value is -3.39. The van der Waals surface area contributed by atoms with Crippen molar-refractivity contribution in [3.05, 3.63) is 83.7 Å². The molecule has 190 valence electrons. The molecule has 0 aliphatic rings. The first-order chi connectivity index (χ1) is 17.2. The molecule has 2 N–H and O–H groups in total. The van der Waals surface area contributed by atoms with E-state index in [2.05, 4.69) is 41.3 Å². The third-order valence-electron chi connectivity index (χ3n) is 5.76. The van der Waals surface area contributed by atoms with Crippen molar-refractivity contribution in [2.24, 2.45) is 5.92 Å². The molecule has 7 nitrogen and oxygen atoms in total. The lowest BCUT2D eigenvalue weighted by Crippen LogP contribution is -2.34. The van der Waals surface area contributed by atoms with E-state index in [1.807, 2.05) is 67.8 Å². The van der Waals surface area contributed by atoms with E-state index in [1.165, 1.54) is 11.8 Å². The van der Waals surface area contributed by atoms with Crippen LogP contribution in [0.2, 0.25) is 0 Å². The Bertz CT molecular complexity index is 1220. The van der Waals surface area contributed by atoms with Crippen molar-refractivity contribution in [3.8, 4) is 0 Å². The second-order valence-corrected chi connectivity index (χ2v) is 10.3. The number of carbonyl (C=O) groups is 2. The first kappa shape index (κ1) is 27.2. The molecule has 0 fully saturated rings. The third kappa shape index (κ3) is 6.85. The van der Waals surface area contributed by atoms with Gasteiger partial charge in [-0.1, -0.05) is 81.4 Å². The molecule has 1 heterocycles. The highest BCUT2D eigenvalue weighted by Gasteiger charge is 2.26. The van der Waals surface area contributed by atoms with Crippen LogP contribution in [0.5, 0.6) is 0 Å².